The molecule has 1 aliphatic rings. The van der Waals surface area contributed by atoms with Crippen LogP contribution in [-0.4, -0.2) is 43.0 Å². The highest BCUT2D eigenvalue weighted by Crippen LogP contribution is 2.57. The van der Waals surface area contributed by atoms with Crippen LogP contribution in [0.4, 0.5) is 43.9 Å². The lowest BCUT2D eigenvalue weighted by molar-refractivity contribution is -0.159. The van der Waals surface area contributed by atoms with Crippen LogP contribution in [0.15, 0.2) is 22.6 Å². The maximum Gasteiger partial charge on any atom is 0.418 e. The summed E-state index contributed by atoms with van der Waals surface area (Å²) in [5.74, 6) is -4.04. The van der Waals surface area contributed by atoms with Crippen LogP contribution in [0.5, 0.6) is 0 Å². The molecule has 1 aromatic carbocycles. The van der Waals surface area contributed by atoms with Gasteiger partial charge in [0.1, 0.15) is 11.4 Å². The van der Waals surface area contributed by atoms with Gasteiger partial charge in [-0.15, -0.1) is 11.3 Å². The first-order valence-corrected chi connectivity index (χ1v) is 12.4. The Kier molecular flexibility index (Phi) is 8.80. The molecule has 214 valence electrons. The molecule has 0 radical (unpaired) electrons. The van der Waals surface area contributed by atoms with Crippen molar-refractivity contribution in [2.75, 3.05) is 13.1 Å². The van der Waals surface area contributed by atoms with E-state index >= 15 is 0 Å². The van der Waals surface area contributed by atoms with Gasteiger partial charge in [0.25, 0.3) is 5.91 Å². The fourth-order valence-electron chi connectivity index (χ4n) is 3.24. The number of nitrogens with one attached hydrogen (secondary N) is 2. The molecule has 2 amide bonds. The van der Waals surface area contributed by atoms with Crippen molar-refractivity contribution in [2.45, 2.75) is 29.7 Å². The molecular weight excluding hydrogens is 639 g/mol. The minimum absolute atomic E-state index is 0.0681. The average molecular weight is 650 g/mol. The van der Waals surface area contributed by atoms with Crippen LogP contribution in [0.2, 0.25) is 10.0 Å². The van der Waals surface area contributed by atoms with Crippen LogP contribution in [0.25, 0.3) is 0 Å². The lowest BCUT2D eigenvalue weighted by Gasteiger charge is -2.30. The van der Waals surface area contributed by atoms with Crippen molar-refractivity contribution in [3.05, 3.63) is 54.9 Å². The summed E-state index contributed by atoms with van der Waals surface area (Å²) in [5, 5.41) is 1.68. The van der Waals surface area contributed by atoms with E-state index in [0.717, 1.165) is 0 Å². The Hall–Kier alpha value is -2.24. The van der Waals surface area contributed by atoms with E-state index < -0.39 is 97.1 Å². The third-order valence-electron chi connectivity index (χ3n) is 5.06. The number of rotatable bonds is 6. The van der Waals surface area contributed by atoms with E-state index in [1.807, 2.05) is 0 Å². The summed E-state index contributed by atoms with van der Waals surface area (Å²) >= 11 is 11.3. The van der Waals surface area contributed by atoms with Gasteiger partial charge in [-0.05, 0) is 35.7 Å². The van der Waals surface area contributed by atoms with Gasteiger partial charge in [-0.2, -0.15) is 39.5 Å². The van der Waals surface area contributed by atoms with Gasteiger partial charge in [-0.3, -0.25) is 9.59 Å². The molecule has 39 heavy (non-hydrogen) atoms. The number of hydrogen-bond acceptors (Lipinski definition) is 5. The van der Waals surface area contributed by atoms with Gasteiger partial charge in [-0.25, -0.2) is 8.79 Å². The molecule has 2 heterocycles. The maximum absolute atomic E-state index is 14.2. The largest absolute Gasteiger partial charge is 0.418 e. The molecule has 0 bridgehead atoms. The number of carbonyl (C=O) groups excluding carboxylic acids is 2. The lowest BCUT2D eigenvalue weighted by atomic mass is 9.91. The van der Waals surface area contributed by atoms with Gasteiger partial charge in [0.05, 0.1) is 32.7 Å². The van der Waals surface area contributed by atoms with Crippen LogP contribution in [-0.2, 0) is 15.7 Å². The van der Waals surface area contributed by atoms with E-state index in [2.05, 4.69) is 4.40 Å². The van der Waals surface area contributed by atoms with E-state index in [-0.39, 0.29) is 23.3 Å². The standard InChI is InChI=1S/C20H11Cl2F10N3O2S2/c21-9-1-7(2-10(22)14(9)23)17(20(30,31)32)4-11(35-39-17)12-3-8(19(27,28)29)15(38-12)16(37)33-5-13(36)34-6-18(24,25)26/h1-3H,4-6H2,(H,33,37)(H,34,36). The fourth-order valence-corrected chi connectivity index (χ4v) is 5.82. The minimum Gasteiger partial charge on any atom is -0.345 e. The van der Waals surface area contributed by atoms with Gasteiger partial charge in [0.2, 0.25) is 5.91 Å². The van der Waals surface area contributed by atoms with E-state index in [0.29, 0.717) is 18.2 Å². The van der Waals surface area contributed by atoms with Crippen LogP contribution in [0, 0.1) is 5.82 Å². The van der Waals surface area contributed by atoms with Crippen molar-refractivity contribution < 1.29 is 53.5 Å². The van der Waals surface area contributed by atoms with E-state index in [1.165, 1.54) is 5.32 Å². The Labute approximate surface area is 230 Å². The Morgan fingerprint density at radius 3 is 2.08 bits per heavy atom. The Bertz CT molecular complexity index is 1300. The van der Waals surface area contributed by atoms with Crippen molar-refractivity contribution in [2.24, 2.45) is 4.40 Å². The molecule has 1 aromatic heterocycles. The number of hydrogen-bond donors (Lipinski definition) is 2. The molecule has 0 saturated heterocycles. The van der Waals surface area contributed by atoms with Crippen LogP contribution in [0.1, 0.15) is 32.1 Å². The number of halogens is 12. The Morgan fingerprint density at radius 1 is 0.974 bits per heavy atom. The summed E-state index contributed by atoms with van der Waals surface area (Å²) in [6.45, 7) is -2.86. The third-order valence-corrected chi connectivity index (χ3v) is 8.03. The molecule has 1 aliphatic heterocycles. The first-order valence-electron chi connectivity index (χ1n) is 10.0. The highest BCUT2D eigenvalue weighted by Gasteiger charge is 2.60. The number of carbonyl (C=O) groups is 2. The topological polar surface area (TPSA) is 70.6 Å². The molecule has 0 aliphatic carbocycles. The minimum atomic E-state index is -5.18. The normalized spacial score (nSPS) is 18.2. The number of amides is 2. The predicted molar refractivity (Wildman–Crippen MR) is 124 cm³/mol. The quantitative estimate of drug-likeness (QED) is 0.203. The van der Waals surface area contributed by atoms with E-state index in [1.54, 1.807) is 5.32 Å². The second-order valence-corrected chi connectivity index (χ2v) is 10.7. The molecule has 19 heteroatoms. The molecule has 0 saturated carbocycles. The van der Waals surface area contributed by atoms with Gasteiger partial charge >= 0.3 is 18.5 Å². The maximum atomic E-state index is 14.2. The first kappa shape index (κ1) is 31.3. The van der Waals surface area contributed by atoms with E-state index in [9.17, 15) is 53.5 Å². The summed E-state index contributed by atoms with van der Waals surface area (Å²) in [7, 11) is 0. The van der Waals surface area contributed by atoms with Crippen molar-refractivity contribution in [1.82, 2.24) is 10.6 Å². The molecule has 0 spiro atoms. The zero-order valence-electron chi connectivity index (χ0n) is 18.5. The molecule has 2 N–H and O–H groups in total. The first-order chi connectivity index (χ1) is 17.7. The predicted octanol–water partition coefficient (Wildman–Crippen LogP) is 6.92. The van der Waals surface area contributed by atoms with Crippen molar-refractivity contribution >= 4 is 64.0 Å². The Morgan fingerprint density at radius 2 is 1.56 bits per heavy atom. The van der Waals surface area contributed by atoms with Crippen molar-refractivity contribution in [3.63, 3.8) is 0 Å². The van der Waals surface area contributed by atoms with E-state index in [4.69, 9.17) is 23.2 Å². The molecule has 3 rings (SSSR count). The molecule has 1 atom stereocenters. The third kappa shape index (κ3) is 6.92. The monoisotopic (exact) mass is 649 g/mol. The van der Waals surface area contributed by atoms with Crippen LogP contribution in [0.3, 0.4) is 0 Å². The highest BCUT2D eigenvalue weighted by molar-refractivity contribution is 7.99. The van der Waals surface area contributed by atoms with Crippen molar-refractivity contribution in [1.29, 1.82) is 0 Å². The zero-order valence-corrected chi connectivity index (χ0v) is 21.6. The smallest absolute Gasteiger partial charge is 0.345 e. The van der Waals surface area contributed by atoms with Gasteiger partial charge < -0.3 is 10.6 Å². The summed E-state index contributed by atoms with van der Waals surface area (Å²) in [5.41, 5.74) is -2.68. The molecule has 0 fully saturated rings. The highest BCUT2D eigenvalue weighted by atomic mass is 35.5. The van der Waals surface area contributed by atoms with Crippen molar-refractivity contribution in [3.8, 4) is 0 Å². The second-order valence-electron chi connectivity index (χ2n) is 7.81. The zero-order chi connectivity index (χ0) is 29.6. The Balaban J connectivity index is 1.90. The summed E-state index contributed by atoms with van der Waals surface area (Å²) < 4.78 is 135. The van der Waals surface area contributed by atoms with Crippen LogP contribution >= 0.6 is 46.5 Å². The lowest BCUT2D eigenvalue weighted by Crippen LogP contribution is -2.41. The number of nitrogens with zero attached hydrogens (tertiary/aromatic N) is 1. The van der Waals surface area contributed by atoms with Gasteiger partial charge in [-0.1, -0.05) is 23.2 Å². The van der Waals surface area contributed by atoms with Gasteiger partial charge in [0.15, 0.2) is 10.6 Å². The summed E-state index contributed by atoms with van der Waals surface area (Å²) in [4.78, 5) is 22.3. The average Bonchev–Trinajstić information content (AvgIpc) is 3.44. The summed E-state index contributed by atoms with van der Waals surface area (Å²) in [6.07, 6.45) is -16.1. The fraction of sp³-hybridized carbons (Fsp3) is 0.350. The van der Waals surface area contributed by atoms with Gasteiger partial charge in [0, 0.05) is 6.42 Å². The second kappa shape index (κ2) is 11.0. The molecular formula is C20H11Cl2F10N3O2S2. The van der Waals surface area contributed by atoms with Crippen LogP contribution < -0.4 is 10.6 Å². The summed E-state index contributed by atoms with van der Waals surface area (Å²) in [6, 6.07) is 1.72. The number of benzene rings is 1. The SMILES string of the molecule is O=C(CNC(=O)c1sc(C2=NSC(c3cc(Cl)c(F)c(Cl)c3)(C(F)(F)F)C2)cc1C(F)(F)F)NCC(F)(F)F. The molecule has 5 nitrogen and oxygen atoms in total. The molecule has 1 unspecified atom stereocenters. The number of alkyl halides is 9. The molecule has 2 aromatic rings. The number of thiophene rings is 1.